The van der Waals surface area contributed by atoms with Crippen molar-refractivity contribution in [3.63, 3.8) is 0 Å². The van der Waals surface area contributed by atoms with E-state index in [0.717, 1.165) is 12.1 Å². The molecule has 2 heterocycles. The van der Waals surface area contributed by atoms with Crippen LogP contribution in [0.5, 0.6) is 0 Å². The Morgan fingerprint density at radius 2 is 1.44 bits per heavy atom. The Bertz CT molecular complexity index is 1260. The SMILES string of the molecule is O=C(Nc1cccc(NC(=O)c2ccc(-c3cccc(C(F)(F)F)c3)o2)c1)c1ccco1. The van der Waals surface area contributed by atoms with Crippen molar-refractivity contribution in [3.05, 3.63) is 96.1 Å². The summed E-state index contributed by atoms with van der Waals surface area (Å²) in [6, 6.07) is 16.9. The number of hydrogen-bond acceptors (Lipinski definition) is 4. The van der Waals surface area contributed by atoms with Crippen molar-refractivity contribution in [3.8, 4) is 11.3 Å². The van der Waals surface area contributed by atoms with Gasteiger partial charge in [-0.2, -0.15) is 13.2 Å². The molecule has 4 rings (SSSR count). The minimum atomic E-state index is -4.49. The summed E-state index contributed by atoms with van der Waals surface area (Å²) < 4.78 is 49.3. The van der Waals surface area contributed by atoms with E-state index in [1.807, 2.05) is 0 Å². The summed E-state index contributed by atoms with van der Waals surface area (Å²) in [5.74, 6) is -0.867. The van der Waals surface area contributed by atoms with Gasteiger partial charge >= 0.3 is 6.18 Å². The number of rotatable bonds is 5. The highest BCUT2D eigenvalue weighted by Crippen LogP contribution is 2.32. The summed E-state index contributed by atoms with van der Waals surface area (Å²) in [5.41, 5.74) is 0.185. The lowest BCUT2D eigenvalue weighted by Crippen LogP contribution is -2.13. The summed E-state index contributed by atoms with van der Waals surface area (Å²) in [6.45, 7) is 0. The second kappa shape index (κ2) is 8.46. The zero-order valence-corrected chi connectivity index (χ0v) is 16.3. The molecular weight excluding hydrogens is 425 g/mol. The number of amides is 2. The molecule has 0 fully saturated rings. The molecule has 0 aliphatic heterocycles. The average molecular weight is 440 g/mol. The van der Waals surface area contributed by atoms with Crippen LogP contribution >= 0.6 is 0 Å². The van der Waals surface area contributed by atoms with Crippen LogP contribution < -0.4 is 10.6 Å². The minimum absolute atomic E-state index is 0.0811. The summed E-state index contributed by atoms with van der Waals surface area (Å²) in [5, 5.41) is 5.26. The van der Waals surface area contributed by atoms with Crippen molar-refractivity contribution in [1.29, 1.82) is 0 Å². The van der Waals surface area contributed by atoms with E-state index in [1.54, 1.807) is 24.3 Å². The van der Waals surface area contributed by atoms with Crippen LogP contribution in [0.1, 0.15) is 26.7 Å². The van der Waals surface area contributed by atoms with E-state index in [-0.39, 0.29) is 22.8 Å². The largest absolute Gasteiger partial charge is 0.459 e. The first-order chi connectivity index (χ1) is 15.3. The van der Waals surface area contributed by atoms with Gasteiger partial charge in [0.05, 0.1) is 11.8 Å². The summed E-state index contributed by atoms with van der Waals surface area (Å²) in [4.78, 5) is 24.6. The fourth-order valence-corrected chi connectivity index (χ4v) is 2.93. The molecule has 9 heteroatoms. The van der Waals surface area contributed by atoms with Gasteiger partial charge in [0.25, 0.3) is 11.8 Å². The predicted molar refractivity (Wildman–Crippen MR) is 110 cm³/mol. The molecule has 0 atom stereocenters. The molecule has 4 aromatic rings. The van der Waals surface area contributed by atoms with E-state index in [2.05, 4.69) is 10.6 Å². The number of carbonyl (C=O) groups is 2. The molecular formula is C23H15F3N2O4. The molecule has 162 valence electrons. The van der Waals surface area contributed by atoms with Crippen molar-refractivity contribution < 1.29 is 31.6 Å². The van der Waals surface area contributed by atoms with Gasteiger partial charge in [0.15, 0.2) is 11.5 Å². The number of alkyl halides is 3. The molecule has 2 aromatic carbocycles. The molecule has 2 aromatic heterocycles. The van der Waals surface area contributed by atoms with Gasteiger partial charge in [0.2, 0.25) is 0 Å². The van der Waals surface area contributed by atoms with Crippen LogP contribution in [0.4, 0.5) is 24.5 Å². The molecule has 0 saturated carbocycles. The first kappa shape index (κ1) is 21.0. The Morgan fingerprint density at radius 3 is 2.09 bits per heavy atom. The number of benzene rings is 2. The van der Waals surface area contributed by atoms with Gasteiger partial charge in [-0.25, -0.2) is 0 Å². The van der Waals surface area contributed by atoms with Crippen LogP contribution in [-0.4, -0.2) is 11.8 Å². The average Bonchev–Trinajstić information content (AvgIpc) is 3.46. The second-order valence-electron chi connectivity index (χ2n) is 6.71. The first-order valence-corrected chi connectivity index (χ1v) is 9.33. The maximum absolute atomic E-state index is 12.9. The lowest BCUT2D eigenvalue weighted by Gasteiger charge is -2.08. The Labute approximate surface area is 179 Å². The summed E-state index contributed by atoms with van der Waals surface area (Å²) in [6.07, 6.45) is -3.11. The van der Waals surface area contributed by atoms with Crippen molar-refractivity contribution in [2.24, 2.45) is 0 Å². The second-order valence-corrected chi connectivity index (χ2v) is 6.71. The van der Waals surface area contributed by atoms with Gasteiger partial charge in [-0.1, -0.05) is 18.2 Å². The van der Waals surface area contributed by atoms with E-state index in [9.17, 15) is 22.8 Å². The van der Waals surface area contributed by atoms with Crippen molar-refractivity contribution in [2.75, 3.05) is 10.6 Å². The number of furan rings is 2. The van der Waals surface area contributed by atoms with Gasteiger partial charge in [0.1, 0.15) is 5.76 Å². The van der Waals surface area contributed by atoms with Crippen LogP contribution in [0.25, 0.3) is 11.3 Å². The molecule has 2 N–H and O–H groups in total. The zero-order chi connectivity index (χ0) is 22.7. The molecule has 0 aliphatic carbocycles. The highest BCUT2D eigenvalue weighted by molar-refractivity contribution is 6.04. The molecule has 6 nitrogen and oxygen atoms in total. The van der Waals surface area contributed by atoms with Crippen LogP contribution in [0.15, 0.2) is 87.9 Å². The predicted octanol–water partition coefficient (Wildman–Crippen LogP) is 6.06. The molecule has 0 saturated heterocycles. The molecule has 0 aliphatic rings. The van der Waals surface area contributed by atoms with Crippen molar-refractivity contribution >= 4 is 23.2 Å². The number of halogens is 3. The maximum Gasteiger partial charge on any atom is 0.416 e. The summed E-state index contributed by atoms with van der Waals surface area (Å²) >= 11 is 0. The normalized spacial score (nSPS) is 11.2. The fraction of sp³-hybridized carbons (Fsp3) is 0.0435. The number of carbonyl (C=O) groups excluding carboxylic acids is 2. The molecule has 32 heavy (non-hydrogen) atoms. The first-order valence-electron chi connectivity index (χ1n) is 9.33. The van der Waals surface area contributed by atoms with Crippen LogP contribution in [0.2, 0.25) is 0 Å². The van der Waals surface area contributed by atoms with Crippen LogP contribution in [0, 0.1) is 0 Å². The third-order valence-corrected chi connectivity index (χ3v) is 4.43. The van der Waals surface area contributed by atoms with Crippen LogP contribution in [0.3, 0.4) is 0 Å². The Hall–Kier alpha value is -4.27. The van der Waals surface area contributed by atoms with E-state index < -0.39 is 23.6 Å². The maximum atomic E-state index is 12.9. The van der Waals surface area contributed by atoms with E-state index in [4.69, 9.17) is 8.83 Å². The van der Waals surface area contributed by atoms with E-state index >= 15 is 0 Å². The lowest BCUT2D eigenvalue weighted by atomic mass is 10.1. The third-order valence-electron chi connectivity index (χ3n) is 4.43. The fourth-order valence-electron chi connectivity index (χ4n) is 2.93. The zero-order valence-electron chi connectivity index (χ0n) is 16.3. The standard InChI is InChI=1S/C23H15F3N2O4/c24-23(25,26)15-5-1-4-14(12-15)18-9-10-20(32-18)22(30)28-17-7-2-6-16(13-17)27-21(29)19-8-3-11-31-19/h1-13H,(H,27,29)(H,28,30). The minimum Gasteiger partial charge on any atom is -0.459 e. The van der Waals surface area contributed by atoms with Crippen molar-refractivity contribution in [2.45, 2.75) is 6.18 Å². The Kier molecular flexibility index (Phi) is 5.55. The van der Waals surface area contributed by atoms with Gasteiger partial charge in [0, 0.05) is 16.9 Å². The molecule has 0 bridgehead atoms. The van der Waals surface area contributed by atoms with Crippen molar-refractivity contribution in [1.82, 2.24) is 0 Å². The van der Waals surface area contributed by atoms with E-state index in [0.29, 0.717) is 11.4 Å². The number of anilines is 2. The highest BCUT2D eigenvalue weighted by atomic mass is 19.4. The van der Waals surface area contributed by atoms with E-state index in [1.165, 1.54) is 42.7 Å². The Morgan fingerprint density at radius 1 is 0.750 bits per heavy atom. The molecule has 0 unspecified atom stereocenters. The smallest absolute Gasteiger partial charge is 0.416 e. The monoisotopic (exact) mass is 440 g/mol. The molecule has 2 amide bonds. The van der Waals surface area contributed by atoms with Gasteiger partial charge in [-0.15, -0.1) is 0 Å². The van der Waals surface area contributed by atoms with Gasteiger partial charge in [-0.3, -0.25) is 9.59 Å². The lowest BCUT2D eigenvalue weighted by molar-refractivity contribution is -0.137. The Balaban J connectivity index is 1.46. The van der Waals surface area contributed by atoms with Gasteiger partial charge < -0.3 is 19.5 Å². The molecule has 0 spiro atoms. The third kappa shape index (κ3) is 4.72. The topological polar surface area (TPSA) is 84.5 Å². The molecule has 0 radical (unpaired) electrons. The quantitative estimate of drug-likeness (QED) is 0.395. The van der Waals surface area contributed by atoms with Crippen LogP contribution in [-0.2, 0) is 6.18 Å². The number of nitrogens with one attached hydrogen (secondary N) is 2. The van der Waals surface area contributed by atoms with Gasteiger partial charge in [-0.05, 0) is 54.6 Å². The summed E-state index contributed by atoms with van der Waals surface area (Å²) in [7, 11) is 0. The number of hydrogen-bond donors (Lipinski definition) is 2. The highest BCUT2D eigenvalue weighted by Gasteiger charge is 2.30.